The molecule has 0 aliphatic heterocycles. The SMILES string of the molecule is CNc1nc(C)c([N+](=O)[O-])c(Oc2cc(C)nn2C)n1. The molecule has 0 aliphatic carbocycles. The number of aromatic nitrogens is 4. The third-order valence-corrected chi connectivity index (χ3v) is 2.59. The van der Waals surface area contributed by atoms with Crippen molar-refractivity contribution in [1.29, 1.82) is 0 Å². The molecule has 2 aromatic rings. The maximum absolute atomic E-state index is 11.1. The molecule has 106 valence electrons. The van der Waals surface area contributed by atoms with Crippen molar-refractivity contribution < 1.29 is 9.66 Å². The summed E-state index contributed by atoms with van der Waals surface area (Å²) in [6, 6.07) is 1.67. The summed E-state index contributed by atoms with van der Waals surface area (Å²) in [5.74, 6) is 0.502. The van der Waals surface area contributed by atoms with Crippen molar-refractivity contribution in [1.82, 2.24) is 19.7 Å². The summed E-state index contributed by atoms with van der Waals surface area (Å²) in [4.78, 5) is 18.5. The molecular formula is C11H14N6O3. The van der Waals surface area contributed by atoms with Crippen LogP contribution >= 0.6 is 0 Å². The molecule has 2 aromatic heterocycles. The quantitative estimate of drug-likeness (QED) is 0.667. The first-order valence-corrected chi connectivity index (χ1v) is 5.81. The average Bonchev–Trinajstić information content (AvgIpc) is 2.66. The monoisotopic (exact) mass is 278 g/mol. The smallest absolute Gasteiger partial charge is 0.352 e. The van der Waals surface area contributed by atoms with Gasteiger partial charge in [-0.1, -0.05) is 0 Å². The highest BCUT2D eigenvalue weighted by atomic mass is 16.6. The van der Waals surface area contributed by atoms with E-state index in [4.69, 9.17) is 4.74 Å². The minimum absolute atomic E-state index is 0.116. The average molecular weight is 278 g/mol. The predicted octanol–water partition coefficient (Wildman–Crippen LogP) is 1.57. The van der Waals surface area contributed by atoms with Gasteiger partial charge in [-0.3, -0.25) is 10.1 Å². The second kappa shape index (κ2) is 5.11. The van der Waals surface area contributed by atoms with Crippen LogP contribution in [-0.4, -0.2) is 31.7 Å². The first-order chi connectivity index (χ1) is 9.42. The molecule has 9 nitrogen and oxygen atoms in total. The third kappa shape index (κ3) is 2.51. The van der Waals surface area contributed by atoms with E-state index in [2.05, 4.69) is 20.4 Å². The Hall–Kier alpha value is -2.71. The lowest BCUT2D eigenvalue weighted by Gasteiger charge is -2.08. The molecule has 1 N–H and O–H groups in total. The zero-order valence-corrected chi connectivity index (χ0v) is 11.5. The van der Waals surface area contributed by atoms with Gasteiger partial charge in [-0.2, -0.15) is 10.1 Å². The molecule has 20 heavy (non-hydrogen) atoms. The number of nitro groups is 1. The zero-order valence-electron chi connectivity index (χ0n) is 11.5. The van der Waals surface area contributed by atoms with Crippen LogP contribution in [0.15, 0.2) is 6.07 Å². The molecule has 0 fully saturated rings. The Morgan fingerprint density at radius 2 is 2.10 bits per heavy atom. The van der Waals surface area contributed by atoms with Gasteiger partial charge in [0.1, 0.15) is 5.69 Å². The molecule has 2 heterocycles. The Labute approximate surface area is 114 Å². The van der Waals surface area contributed by atoms with E-state index in [1.807, 2.05) is 0 Å². The highest BCUT2D eigenvalue weighted by Gasteiger charge is 2.25. The lowest BCUT2D eigenvalue weighted by atomic mass is 10.3. The topological polar surface area (TPSA) is 108 Å². The highest BCUT2D eigenvalue weighted by Crippen LogP contribution is 2.32. The van der Waals surface area contributed by atoms with Gasteiger partial charge < -0.3 is 10.1 Å². The van der Waals surface area contributed by atoms with Crippen LogP contribution in [0.5, 0.6) is 11.8 Å². The van der Waals surface area contributed by atoms with Crippen LogP contribution in [0.3, 0.4) is 0 Å². The van der Waals surface area contributed by atoms with Crippen LogP contribution in [-0.2, 0) is 7.05 Å². The number of aryl methyl sites for hydroxylation is 3. The Balaban J connectivity index is 2.51. The van der Waals surface area contributed by atoms with E-state index in [1.165, 1.54) is 11.6 Å². The Bertz CT molecular complexity index is 666. The Morgan fingerprint density at radius 3 is 2.60 bits per heavy atom. The van der Waals surface area contributed by atoms with Gasteiger partial charge in [0.2, 0.25) is 11.8 Å². The van der Waals surface area contributed by atoms with Gasteiger partial charge in [-0.15, -0.1) is 0 Å². The second-order valence-electron chi connectivity index (χ2n) is 4.14. The zero-order chi connectivity index (χ0) is 14.9. The largest absolute Gasteiger partial charge is 0.415 e. The Morgan fingerprint density at radius 1 is 1.40 bits per heavy atom. The van der Waals surface area contributed by atoms with E-state index >= 15 is 0 Å². The van der Waals surface area contributed by atoms with Crippen molar-refractivity contribution in [2.24, 2.45) is 7.05 Å². The maximum atomic E-state index is 11.1. The number of ether oxygens (including phenoxy) is 1. The first-order valence-electron chi connectivity index (χ1n) is 5.81. The van der Waals surface area contributed by atoms with E-state index in [9.17, 15) is 10.1 Å². The molecular weight excluding hydrogens is 264 g/mol. The summed E-state index contributed by atoms with van der Waals surface area (Å²) in [7, 11) is 3.31. The number of anilines is 1. The molecule has 2 rings (SSSR count). The fourth-order valence-electron chi connectivity index (χ4n) is 1.72. The second-order valence-corrected chi connectivity index (χ2v) is 4.14. The molecule has 0 saturated carbocycles. The van der Waals surface area contributed by atoms with Gasteiger partial charge in [0.25, 0.3) is 0 Å². The summed E-state index contributed by atoms with van der Waals surface area (Å²) in [6.45, 7) is 3.33. The molecule has 0 amide bonds. The predicted molar refractivity (Wildman–Crippen MR) is 71.0 cm³/mol. The molecule has 0 saturated heterocycles. The molecule has 0 bridgehead atoms. The van der Waals surface area contributed by atoms with E-state index in [1.54, 1.807) is 27.1 Å². The van der Waals surface area contributed by atoms with Crippen molar-refractivity contribution in [3.05, 3.63) is 27.6 Å². The lowest BCUT2D eigenvalue weighted by molar-refractivity contribution is -0.386. The first kappa shape index (κ1) is 13.7. The number of hydrogen-bond donors (Lipinski definition) is 1. The van der Waals surface area contributed by atoms with Crippen LogP contribution < -0.4 is 10.1 Å². The van der Waals surface area contributed by atoms with Crippen LogP contribution in [0.1, 0.15) is 11.4 Å². The van der Waals surface area contributed by atoms with Crippen LogP contribution in [0, 0.1) is 24.0 Å². The summed E-state index contributed by atoms with van der Waals surface area (Å²) in [6.07, 6.45) is 0. The molecule has 9 heteroatoms. The standard InChI is InChI=1S/C11H14N6O3/c1-6-5-8(16(4)15-6)20-10-9(17(18)19)7(2)13-11(12-3)14-10/h5H,1-4H3,(H,12,13,14). The number of hydrogen-bond acceptors (Lipinski definition) is 7. The van der Waals surface area contributed by atoms with E-state index in [0.717, 1.165) is 5.69 Å². The molecule has 0 radical (unpaired) electrons. The van der Waals surface area contributed by atoms with Gasteiger partial charge >= 0.3 is 11.6 Å². The summed E-state index contributed by atoms with van der Waals surface area (Å²) >= 11 is 0. The minimum atomic E-state index is -0.562. The maximum Gasteiger partial charge on any atom is 0.352 e. The van der Waals surface area contributed by atoms with Crippen molar-refractivity contribution >= 4 is 11.6 Å². The Kier molecular flexibility index (Phi) is 3.51. The van der Waals surface area contributed by atoms with Crippen LogP contribution in [0.4, 0.5) is 11.6 Å². The van der Waals surface area contributed by atoms with Crippen LogP contribution in [0.2, 0.25) is 0 Å². The van der Waals surface area contributed by atoms with Crippen molar-refractivity contribution in [2.75, 3.05) is 12.4 Å². The van der Waals surface area contributed by atoms with Gasteiger partial charge in [0, 0.05) is 20.2 Å². The normalized spacial score (nSPS) is 10.4. The highest BCUT2D eigenvalue weighted by molar-refractivity contribution is 5.49. The summed E-state index contributed by atoms with van der Waals surface area (Å²) in [5.41, 5.74) is 0.705. The summed E-state index contributed by atoms with van der Waals surface area (Å²) < 4.78 is 7.00. The van der Waals surface area contributed by atoms with Gasteiger partial charge in [-0.25, -0.2) is 9.67 Å². The number of nitrogens with zero attached hydrogens (tertiary/aromatic N) is 5. The van der Waals surface area contributed by atoms with Gasteiger partial charge in [-0.05, 0) is 13.8 Å². The van der Waals surface area contributed by atoms with Gasteiger partial charge in [0.15, 0.2) is 0 Å². The van der Waals surface area contributed by atoms with Crippen molar-refractivity contribution in [3.63, 3.8) is 0 Å². The molecule has 0 unspecified atom stereocenters. The summed E-state index contributed by atoms with van der Waals surface area (Å²) in [5, 5.41) is 18.0. The van der Waals surface area contributed by atoms with Crippen LogP contribution in [0.25, 0.3) is 0 Å². The fourth-order valence-corrected chi connectivity index (χ4v) is 1.72. The third-order valence-electron chi connectivity index (χ3n) is 2.59. The van der Waals surface area contributed by atoms with E-state index in [-0.39, 0.29) is 23.2 Å². The molecule has 0 aromatic carbocycles. The number of rotatable bonds is 4. The molecule has 0 spiro atoms. The van der Waals surface area contributed by atoms with Gasteiger partial charge in [0.05, 0.1) is 10.6 Å². The number of nitrogens with one attached hydrogen (secondary N) is 1. The molecule has 0 aliphatic rings. The lowest BCUT2D eigenvalue weighted by Crippen LogP contribution is -2.06. The fraction of sp³-hybridized carbons (Fsp3) is 0.364. The van der Waals surface area contributed by atoms with Crippen molar-refractivity contribution in [2.45, 2.75) is 13.8 Å². The van der Waals surface area contributed by atoms with E-state index < -0.39 is 4.92 Å². The minimum Gasteiger partial charge on any atom is -0.415 e. The van der Waals surface area contributed by atoms with Crippen molar-refractivity contribution in [3.8, 4) is 11.8 Å². The molecule has 0 atom stereocenters. The van der Waals surface area contributed by atoms with E-state index in [0.29, 0.717) is 5.88 Å².